The molecule has 0 bridgehead atoms. The smallest absolute Gasteiger partial charge is 0.171 e. The van der Waals surface area contributed by atoms with Crippen molar-refractivity contribution < 1.29 is 4.58 Å². The van der Waals surface area contributed by atoms with E-state index >= 15 is 0 Å². The zero-order valence-electron chi connectivity index (χ0n) is 20.2. The predicted octanol–water partition coefficient (Wildman–Crippen LogP) is 6.48. The van der Waals surface area contributed by atoms with Crippen LogP contribution in [0.15, 0.2) is 36.4 Å². The molecule has 0 unspecified atom stereocenters. The molecule has 0 aromatic heterocycles. The van der Waals surface area contributed by atoms with Crippen LogP contribution in [-0.4, -0.2) is 27.8 Å². The van der Waals surface area contributed by atoms with Gasteiger partial charge in [-0.05, 0) is 42.0 Å². The Bertz CT molecular complexity index is 985. The van der Waals surface area contributed by atoms with Gasteiger partial charge in [0.25, 0.3) is 0 Å². The topological polar surface area (TPSA) is 6.25 Å². The first-order valence-corrected chi connectivity index (χ1v) is 11.5. The number of benzene rings is 2. The van der Waals surface area contributed by atoms with Crippen LogP contribution < -0.4 is 0 Å². The molecule has 0 fully saturated rings. The fourth-order valence-corrected chi connectivity index (χ4v) is 4.88. The van der Waals surface area contributed by atoms with E-state index in [0.29, 0.717) is 12.1 Å². The van der Waals surface area contributed by atoms with Crippen LogP contribution in [0.5, 0.6) is 0 Å². The largest absolute Gasteiger partial charge is 0.292 e. The number of hydrogen-bond donors (Lipinski definition) is 0. The maximum absolute atomic E-state index is 2.68. The Hall–Kier alpha value is -1.93. The highest BCUT2D eigenvalue weighted by Crippen LogP contribution is 2.41. The third kappa shape index (κ3) is 3.75. The van der Waals surface area contributed by atoms with Crippen molar-refractivity contribution in [3.8, 4) is 11.1 Å². The Morgan fingerprint density at radius 1 is 0.767 bits per heavy atom. The fourth-order valence-electron chi connectivity index (χ4n) is 4.88. The first-order chi connectivity index (χ1) is 14.0. The molecule has 0 saturated heterocycles. The van der Waals surface area contributed by atoms with Crippen molar-refractivity contribution in [2.24, 2.45) is 10.8 Å². The van der Waals surface area contributed by atoms with Crippen LogP contribution in [0.2, 0.25) is 0 Å². The summed E-state index contributed by atoms with van der Waals surface area (Å²) < 4.78 is 2.56. The van der Waals surface area contributed by atoms with Gasteiger partial charge in [0.2, 0.25) is 0 Å². The van der Waals surface area contributed by atoms with Gasteiger partial charge in [-0.3, -0.25) is 4.90 Å². The molecule has 0 amide bonds. The van der Waals surface area contributed by atoms with Crippen molar-refractivity contribution in [1.82, 2.24) is 4.90 Å². The average molecular weight is 404 g/mol. The summed E-state index contributed by atoms with van der Waals surface area (Å²) in [6.07, 6.45) is 2.43. The second kappa shape index (κ2) is 7.34. The highest BCUT2D eigenvalue weighted by atomic mass is 15.2. The minimum Gasteiger partial charge on any atom is -0.292 e. The molecule has 0 spiro atoms. The van der Waals surface area contributed by atoms with E-state index in [1.165, 1.54) is 33.4 Å². The van der Waals surface area contributed by atoms with E-state index in [0.717, 1.165) is 19.6 Å². The Morgan fingerprint density at radius 2 is 1.33 bits per heavy atom. The molecule has 0 aliphatic carbocycles. The van der Waals surface area contributed by atoms with Gasteiger partial charge in [-0.15, -0.1) is 0 Å². The van der Waals surface area contributed by atoms with Crippen LogP contribution in [0.3, 0.4) is 0 Å². The summed E-state index contributed by atoms with van der Waals surface area (Å²) in [4.78, 5) is 2.68. The Balaban J connectivity index is 1.92. The second-order valence-corrected chi connectivity index (χ2v) is 11.6. The molecule has 2 heteroatoms. The summed E-state index contributed by atoms with van der Waals surface area (Å²) in [5, 5.41) is 0. The fraction of sp³-hybridized carbons (Fsp3) is 0.536. The first kappa shape index (κ1) is 21.3. The van der Waals surface area contributed by atoms with E-state index in [2.05, 4.69) is 107 Å². The number of nitrogens with zero attached hydrogens (tertiary/aromatic N) is 2. The quantitative estimate of drug-likeness (QED) is 0.520. The van der Waals surface area contributed by atoms with Gasteiger partial charge in [-0.1, -0.05) is 71.9 Å². The molecule has 2 aromatic rings. The zero-order chi connectivity index (χ0) is 21.8. The molecule has 4 rings (SSSR count). The van der Waals surface area contributed by atoms with Gasteiger partial charge in [0.05, 0.1) is 0 Å². The monoisotopic (exact) mass is 403 g/mol. The normalized spacial score (nSPS) is 18.7. The minimum atomic E-state index is 0.229. The van der Waals surface area contributed by atoms with Crippen molar-refractivity contribution >= 4 is 6.21 Å². The van der Waals surface area contributed by atoms with Gasteiger partial charge in [0, 0.05) is 41.2 Å². The number of hydrogen-bond acceptors (Lipinski definition) is 1. The molecule has 0 N–H and O–H groups in total. The van der Waals surface area contributed by atoms with Crippen molar-refractivity contribution in [2.45, 2.75) is 87.1 Å². The van der Waals surface area contributed by atoms with Gasteiger partial charge in [0.1, 0.15) is 0 Å². The van der Waals surface area contributed by atoms with E-state index < -0.39 is 0 Å². The van der Waals surface area contributed by atoms with E-state index in [9.17, 15) is 0 Å². The third-order valence-corrected chi connectivity index (χ3v) is 7.63. The molecule has 2 atom stereocenters. The van der Waals surface area contributed by atoms with Crippen LogP contribution >= 0.6 is 0 Å². The Labute approximate surface area is 183 Å². The van der Waals surface area contributed by atoms with Crippen molar-refractivity contribution in [3.05, 3.63) is 58.7 Å². The Morgan fingerprint density at radius 3 is 1.93 bits per heavy atom. The standard InChI is InChI=1S/C28H39N2/c1-19(27(3,4)5)29-15-21-11-9-13-23-17-30(20(2)28(6,7)8)18-24-14-10-12-22(16-29)26(24)25(21)23/h9-15,19-20H,16-18H2,1-8H3/q+1/t19-,20-/m0/s1. The van der Waals surface area contributed by atoms with Crippen molar-refractivity contribution in [3.63, 3.8) is 0 Å². The molecule has 30 heavy (non-hydrogen) atoms. The molecule has 160 valence electrons. The lowest BCUT2D eigenvalue weighted by atomic mass is 9.86. The van der Waals surface area contributed by atoms with Crippen LogP contribution in [-0.2, 0) is 19.6 Å². The summed E-state index contributed by atoms with van der Waals surface area (Å²) in [6, 6.07) is 14.9. The summed E-state index contributed by atoms with van der Waals surface area (Å²) in [7, 11) is 0. The van der Waals surface area contributed by atoms with Gasteiger partial charge in [-0.25, -0.2) is 4.58 Å². The highest BCUT2D eigenvalue weighted by molar-refractivity contribution is 5.92. The summed E-state index contributed by atoms with van der Waals surface area (Å²) in [5.41, 5.74) is 9.23. The summed E-state index contributed by atoms with van der Waals surface area (Å²) >= 11 is 0. The molecule has 0 radical (unpaired) electrons. The summed E-state index contributed by atoms with van der Waals surface area (Å²) in [6.45, 7) is 21.9. The van der Waals surface area contributed by atoms with Gasteiger partial charge >= 0.3 is 0 Å². The van der Waals surface area contributed by atoms with Gasteiger partial charge < -0.3 is 0 Å². The molecular weight excluding hydrogens is 364 g/mol. The molecule has 2 nitrogen and oxygen atoms in total. The lowest BCUT2D eigenvalue weighted by molar-refractivity contribution is -0.587. The van der Waals surface area contributed by atoms with Crippen molar-refractivity contribution in [2.75, 3.05) is 0 Å². The molecule has 2 heterocycles. The van der Waals surface area contributed by atoms with E-state index in [4.69, 9.17) is 0 Å². The zero-order valence-corrected chi connectivity index (χ0v) is 20.2. The maximum Gasteiger partial charge on any atom is 0.171 e. The van der Waals surface area contributed by atoms with Crippen molar-refractivity contribution in [1.29, 1.82) is 0 Å². The van der Waals surface area contributed by atoms with E-state index in [1.807, 2.05) is 0 Å². The highest BCUT2D eigenvalue weighted by Gasteiger charge is 2.35. The van der Waals surface area contributed by atoms with E-state index in [-0.39, 0.29) is 10.8 Å². The lowest BCUT2D eigenvalue weighted by Crippen LogP contribution is -2.40. The lowest BCUT2D eigenvalue weighted by Gasteiger charge is -2.37. The minimum absolute atomic E-state index is 0.229. The third-order valence-electron chi connectivity index (χ3n) is 7.63. The molecule has 2 aromatic carbocycles. The predicted molar refractivity (Wildman–Crippen MR) is 128 cm³/mol. The van der Waals surface area contributed by atoms with Crippen LogP contribution in [0.25, 0.3) is 11.1 Å². The first-order valence-electron chi connectivity index (χ1n) is 11.5. The molecule has 2 aliphatic rings. The van der Waals surface area contributed by atoms with Crippen LogP contribution in [0, 0.1) is 10.8 Å². The molecular formula is C28H39N2+. The van der Waals surface area contributed by atoms with Crippen LogP contribution in [0.4, 0.5) is 0 Å². The van der Waals surface area contributed by atoms with Gasteiger partial charge in [0.15, 0.2) is 18.8 Å². The second-order valence-electron chi connectivity index (χ2n) is 11.6. The number of rotatable bonds is 2. The van der Waals surface area contributed by atoms with E-state index in [1.54, 1.807) is 0 Å². The SMILES string of the molecule is C[C@H](N1Cc2cccc3c2-c2c(cccc2C[N+]([C@@H](C)C(C)(C)C)=C3)C1)C(C)(C)C. The Kier molecular flexibility index (Phi) is 5.21. The summed E-state index contributed by atoms with van der Waals surface area (Å²) in [5.74, 6) is 0. The van der Waals surface area contributed by atoms with Gasteiger partial charge in [-0.2, -0.15) is 0 Å². The molecule has 0 saturated carbocycles. The maximum atomic E-state index is 2.68. The average Bonchev–Trinajstić information content (AvgIpc) is 2.93. The van der Waals surface area contributed by atoms with Crippen LogP contribution in [0.1, 0.15) is 77.6 Å². The molecule has 2 aliphatic heterocycles.